The van der Waals surface area contributed by atoms with Crippen LogP contribution in [0.15, 0.2) is 22.5 Å². The number of rotatable bonds is 13. The van der Waals surface area contributed by atoms with Crippen molar-refractivity contribution in [3.8, 4) is 0 Å². The summed E-state index contributed by atoms with van der Waals surface area (Å²) >= 11 is 2.49. The fourth-order valence-electron chi connectivity index (χ4n) is 5.03. The van der Waals surface area contributed by atoms with E-state index in [1.165, 1.54) is 37.4 Å². The number of ether oxygens (including phenoxy) is 2. The molecule has 4 rings (SSSR count). The highest BCUT2D eigenvalue weighted by Crippen LogP contribution is 2.41. The molecule has 0 aliphatic carbocycles. The number of esters is 2. The highest BCUT2D eigenvalue weighted by molar-refractivity contribution is 8.00. The molecular weight excluding hydrogens is 624 g/mol. The van der Waals surface area contributed by atoms with Crippen LogP contribution in [0.2, 0.25) is 0 Å². The van der Waals surface area contributed by atoms with Gasteiger partial charge in [-0.2, -0.15) is 0 Å². The fourth-order valence-corrected chi connectivity index (χ4v) is 7.68. The molecule has 4 atom stereocenters. The molecule has 4 aliphatic rings. The van der Waals surface area contributed by atoms with Crippen molar-refractivity contribution in [3.63, 3.8) is 0 Å². The van der Waals surface area contributed by atoms with Crippen LogP contribution in [0.1, 0.15) is 39.5 Å². The second-order valence-electron chi connectivity index (χ2n) is 10.2. The summed E-state index contributed by atoms with van der Waals surface area (Å²) < 4.78 is 9.78. The van der Waals surface area contributed by atoms with Crippen LogP contribution < -0.4 is 10.6 Å². The lowest BCUT2D eigenvalue weighted by Crippen LogP contribution is -2.70. The second-order valence-corrected chi connectivity index (χ2v) is 12.4. The number of nitrogens with one attached hydrogen (secondary N) is 2. The van der Waals surface area contributed by atoms with E-state index in [0.29, 0.717) is 12.8 Å². The van der Waals surface area contributed by atoms with Crippen LogP contribution in [0.3, 0.4) is 0 Å². The first-order valence-corrected chi connectivity index (χ1v) is 15.6. The van der Waals surface area contributed by atoms with Crippen molar-refractivity contribution < 1.29 is 58.0 Å². The minimum absolute atomic E-state index is 0.000264. The van der Waals surface area contributed by atoms with Gasteiger partial charge in [0.05, 0.1) is 0 Å². The van der Waals surface area contributed by atoms with E-state index in [1.54, 1.807) is 0 Å². The van der Waals surface area contributed by atoms with E-state index in [0.717, 1.165) is 9.80 Å². The summed E-state index contributed by atoms with van der Waals surface area (Å²) in [5.41, 5.74) is 0.0563. The van der Waals surface area contributed by atoms with Crippen LogP contribution >= 0.6 is 23.5 Å². The molecule has 0 bridgehead atoms. The summed E-state index contributed by atoms with van der Waals surface area (Å²) in [5, 5.41) is 23.2. The van der Waals surface area contributed by atoms with Gasteiger partial charge in [-0.3, -0.25) is 38.6 Å². The van der Waals surface area contributed by atoms with E-state index >= 15 is 0 Å². The molecule has 0 aromatic heterocycles. The summed E-state index contributed by atoms with van der Waals surface area (Å²) in [6.07, 6.45) is 0.589. The highest BCUT2D eigenvalue weighted by Gasteiger charge is 2.55. The summed E-state index contributed by atoms with van der Waals surface area (Å²) in [4.78, 5) is 98.3. The fraction of sp³-hybridized carbons (Fsp3) is 0.538. The van der Waals surface area contributed by atoms with Crippen LogP contribution in [0.5, 0.6) is 0 Å². The van der Waals surface area contributed by atoms with Crippen LogP contribution in [0.25, 0.3) is 0 Å². The Kier molecular flexibility index (Phi) is 10.2. The molecule has 238 valence electrons. The van der Waals surface area contributed by atoms with E-state index in [-0.39, 0.29) is 60.1 Å². The van der Waals surface area contributed by atoms with Gasteiger partial charge >= 0.3 is 23.9 Å². The number of carbonyl (C=O) groups is 8. The number of carboxylic acids is 2. The van der Waals surface area contributed by atoms with Gasteiger partial charge in [-0.05, 0) is 12.8 Å². The highest BCUT2D eigenvalue weighted by atomic mass is 32.2. The molecule has 0 radical (unpaired) electrons. The lowest BCUT2D eigenvalue weighted by Gasteiger charge is -2.49. The monoisotopic (exact) mass is 654 g/mol. The topological polar surface area (TPSA) is 226 Å². The van der Waals surface area contributed by atoms with Gasteiger partial charge in [0, 0.05) is 49.3 Å². The first-order chi connectivity index (χ1) is 20.8. The number of aliphatic carboxylic acids is 2. The maximum Gasteiger partial charge on any atom is 0.352 e. The molecule has 4 heterocycles. The predicted molar refractivity (Wildman–Crippen MR) is 151 cm³/mol. The molecule has 44 heavy (non-hydrogen) atoms. The van der Waals surface area contributed by atoms with Crippen molar-refractivity contribution in [2.24, 2.45) is 0 Å². The smallest absolute Gasteiger partial charge is 0.352 e. The average molecular weight is 655 g/mol. The summed E-state index contributed by atoms with van der Waals surface area (Å²) in [5.74, 6) is -5.52. The van der Waals surface area contributed by atoms with Gasteiger partial charge in [-0.25, -0.2) is 9.59 Å². The number of unbranched alkanes of at least 4 members (excludes halogenated alkanes) is 1. The van der Waals surface area contributed by atoms with Crippen molar-refractivity contribution in [3.05, 3.63) is 22.5 Å². The largest absolute Gasteiger partial charge is 0.477 e. The van der Waals surface area contributed by atoms with Crippen molar-refractivity contribution >= 4 is 71.0 Å². The molecule has 16 nitrogen and oxygen atoms in total. The van der Waals surface area contributed by atoms with Gasteiger partial charge in [-0.15, -0.1) is 23.5 Å². The van der Waals surface area contributed by atoms with Gasteiger partial charge in [-0.1, -0.05) is 0 Å². The van der Waals surface area contributed by atoms with Gasteiger partial charge in [0.2, 0.25) is 11.8 Å². The Labute approximate surface area is 258 Å². The standard InChI is InChI=1S/C26H30N4O12S2/c1-11(31)41-7-13-9-43-23-17(21(35)29(23)19(13)25(37)38)27-15(33)5-3-4-6-16(34)28-18-22(36)30-20(26(39)40)14(8-42-12(2)32)10-44-24(18)30/h17-18,23-24H,3-10H2,1-2H3,(H,27,33)(H,28,34)(H,37,38)(H,39,40)/t17-,18-,23-,24-/m1/s1. The molecular formula is C26H30N4O12S2. The third-order valence-corrected chi connectivity index (χ3v) is 9.77. The average Bonchev–Trinajstić information content (AvgIpc) is 2.97. The normalized spacial score (nSPS) is 24.0. The summed E-state index contributed by atoms with van der Waals surface area (Å²) in [6, 6.07) is -1.83. The van der Waals surface area contributed by atoms with Crippen LogP contribution in [-0.4, -0.2) is 115 Å². The van der Waals surface area contributed by atoms with E-state index in [4.69, 9.17) is 9.47 Å². The molecule has 2 fully saturated rings. The number of carbonyl (C=O) groups excluding carboxylic acids is 6. The third-order valence-electron chi connectivity index (χ3n) is 7.09. The Hall–Kier alpha value is -4.06. The van der Waals surface area contributed by atoms with E-state index < -0.39 is 70.3 Å². The zero-order valence-electron chi connectivity index (χ0n) is 23.7. The molecule has 0 unspecified atom stereocenters. The Morgan fingerprint density at radius 1 is 0.727 bits per heavy atom. The zero-order chi connectivity index (χ0) is 32.3. The quantitative estimate of drug-likeness (QED) is 0.108. The molecule has 0 aromatic rings. The molecule has 4 aliphatic heterocycles. The zero-order valence-corrected chi connectivity index (χ0v) is 25.3. The minimum atomic E-state index is -1.34. The number of thioether (sulfide) groups is 2. The van der Waals surface area contributed by atoms with Crippen molar-refractivity contribution in [2.75, 3.05) is 24.7 Å². The summed E-state index contributed by atoms with van der Waals surface area (Å²) in [6.45, 7) is 1.87. The van der Waals surface area contributed by atoms with Crippen molar-refractivity contribution in [1.29, 1.82) is 0 Å². The first-order valence-electron chi connectivity index (χ1n) is 13.5. The maximum absolute atomic E-state index is 12.7. The molecule has 18 heteroatoms. The Bertz CT molecular complexity index is 1280. The number of carboxylic acid groups (broad SMARTS) is 2. The van der Waals surface area contributed by atoms with Gasteiger partial charge in [0.15, 0.2) is 0 Å². The third kappa shape index (κ3) is 6.85. The van der Waals surface area contributed by atoms with E-state index in [2.05, 4.69) is 10.6 Å². The minimum Gasteiger partial charge on any atom is -0.477 e. The Morgan fingerprint density at radius 3 is 1.41 bits per heavy atom. The predicted octanol–water partition coefficient (Wildman–Crippen LogP) is -0.850. The van der Waals surface area contributed by atoms with Crippen LogP contribution in [0.4, 0.5) is 0 Å². The molecule has 0 saturated carbocycles. The molecule has 0 aromatic carbocycles. The number of β-lactam (4-membered cyclic amide) rings is 2. The SMILES string of the molecule is CC(=O)OCC1=C(C(=O)O)N2C(=O)[C@@H](NC(=O)CCCCC(=O)N[C@@H]3C(=O)N4C(C(=O)O)=C(COC(C)=O)CS[C@H]34)[C@H]2SC1. The Morgan fingerprint density at radius 2 is 1.09 bits per heavy atom. The van der Waals surface area contributed by atoms with E-state index in [9.17, 15) is 48.6 Å². The van der Waals surface area contributed by atoms with Gasteiger partial charge < -0.3 is 30.3 Å². The Balaban J connectivity index is 1.20. The molecule has 4 N–H and O–H groups in total. The van der Waals surface area contributed by atoms with Crippen LogP contribution in [-0.2, 0) is 47.8 Å². The maximum atomic E-state index is 12.7. The molecule has 2 saturated heterocycles. The summed E-state index contributed by atoms with van der Waals surface area (Å²) in [7, 11) is 0. The lowest BCUT2D eigenvalue weighted by molar-refractivity contribution is -0.151. The van der Waals surface area contributed by atoms with Gasteiger partial charge in [0.25, 0.3) is 11.8 Å². The second kappa shape index (κ2) is 13.7. The van der Waals surface area contributed by atoms with Crippen LogP contribution in [0, 0.1) is 0 Å². The van der Waals surface area contributed by atoms with E-state index in [1.807, 2.05) is 0 Å². The number of fused-ring (bicyclic) bond motifs is 2. The lowest BCUT2D eigenvalue weighted by atomic mass is 10.0. The van der Waals surface area contributed by atoms with Gasteiger partial charge in [0.1, 0.15) is 47.4 Å². The molecule has 0 spiro atoms. The number of nitrogens with zero attached hydrogens (tertiary/aromatic N) is 2. The number of hydrogen-bond donors (Lipinski definition) is 4. The molecule has 4 amide bonds. The number of hydrogen-bond acceptors (Lipinski definition) is 12. The van der Waals surface area contributed by atoms with Crippen molar-refractivity contribution in [2.45, 2.75) is 62.4 Å². The number of amides is 4. The van der Waals surface area contributed by atoms with Crippen molar-refractivity contribution in [1.82, 2.24) is 20.4 Å². The first kappa shape index (κ1) is 32.8.